The van der Waals surface area contributed by atoms with Crippen LogP contribution in [0.15, 0.2) is 42.0 Å². The number of esters is 1. The highest BCUT2D eigenvalue weighted by molar-refractivity contribution is 6.10. The largest absolute Gasteiger partial charge is 0.463 e. The Hall–Kier alpha value is -2.67. The summed E-state index contributed by atoms with van der Waals surface area (Å²) in [7, 11) is 0. The molecule has 7 heteroatoms. The minimum Gasteiger partial charge on any atom is -0.463 e. The minimum absolute atomic E-state index is 0.0330. The van der Waals surface area contributed by atoms with Crippen LogP contribution < -0.4 is 0 Å². The molecular weight excluding hydrogens is 338 g/mol. The van der Waals surface area contributed by atoms with Gasteiger partial charge in [-0.1, -0.05) is 36.4 Å². The summed E-state index contributed by atoms with van der Waals surface area (Å²) >= 11 is 0. The van der Waals surface area contributed by atoms with E-state index in [4.69, 9.17) is 9.47 Å². The van der Waals surface area contributed by atoms with Crippen molar-refractivity contribution in [3.05, 3.63) is 47.5 Å². The normalized spacial score (nSPS) is 16.7. The van der Waals surface area contributed by atoms with Crippen molar-refractivity contribution in [1.82, 2.24) is 4.90 Å². The first-order chi connectivity index (χ1) is 12.1. The monoisotopic (exact) mass is 361 g/mol. The number of rotatable bonds is 4. The molecule has 1 atom stereocenters. The smallest absolute Gasteiger partial charge is 0.417 e. The Kier molecular flexibility index (Phi) is 5.51. The van der Waals surface area contributed by atoms with Crippen LogP contribution in [0, 0.1) is 0 Å². The van der Waals surface area contributed by atoms with Crippen molar-refractivity contribution in [3.63, 3.8) is 0 Å². The third kappa shape index (κ3) is 3.77. The number of hydrogen-bond acceptors (Lipinski definition) is 6. The summed E-state index contributed by atoms with van der Waals surface area (Å²) in [5.74, 6) is -1.77. The first-order valence-electron chi connectivity index (χ1n) is 8.32. The summed E-state index contributed by atoms with van der Waals surface area (Å²) in [5.41, 5.74) is -3.13. The van der Waals surface area contributed by atoms with Crippen LogP contribution in [0.4, 0.5) is 4.79 Å². The first-order valence-corrected chi connectivity index (χ1v) is 8.32. The highest BCUT2D eigenvalue weighted by Crippen LogP contribution is 2.35. The van der Waals surface area contributed by atoms with E-state index < -0.39 is 29.2 Å². The molecule has 0 radical (unpaired) electrons. The lowest BCUT2D eigenvalue weighted by molar-refractivity contribution is -0.163. The molecule has 140 valence electrons. The van der Waals surface area contributed by atoms with E-state index in [1.807, 2.05) is 0 Å². The van der Waals surface area contributed by atoms with Crippen molar-refractivity contribution in [2.45, 2.75) is 38.9 Å². The van der Waals surface area contributed by atoms with Gasteiger partial charge in [0.1, 0.15) is 5.60 Å². The van der Waals surface area contributed by atoms with Crippen LogP contribution in [0.25, 0.3) is 0 Å². The molecule has 0 fully saturated rings. The molecule has 2 amide bonds. The number of benzene rings is 1. The summed E-state index contributed by atoms with van der Waals surface area (Å²) in [6.07, 6.45) is 0.504. The van der Waals surface area contributed by atoms with E-state index in [9.17, 15) is 19.5 Å². The minimum atomic E-state index is -2.30. The predicted octanol–water partition coefficient (Wildman–Crippen LogP) is 2.14. The lowest BCUT2D eigenvalue weighted by Crippen LogP contribution is -2.45. The van der Waals surface area contributed by atoms with Crippen LogP contribution in [0.3, 0.4) is 0 Å². The average molecular weight is 361 g/mol. The number of aliphatic hydroxyl groups is 1. The van der Waals surface area contributed by atoms with Gasteiger partial charge in [0.05, 0.1) is 18.7 Å². The van der Waals surface area contributed by atoms with Crippen molar-refractivity contribution >= 4 is 18.0 Å². The van der Waals surface area contributed by atoms with Crippen LogP contribution in [0.2, 0.25) is 0 Å². The molecule has 0 bridgehead atoms. The van der Waals surface area contributed by atoms with Gasteiger partial charge in [0, 0.05) is 0 Å². The Balaban J connectivity index is 2.37. The van der Waals surface area contributed by atoms with E-state index in [2.05, 4.69) is 0 Å². The van der Waals surface area contributed by atoms with E-state index in [0.717, 1.165) is 4.90 Å². The number of imide groups is 1. The van der Waals surface area contributed by atoms with Gasteiger partial charge >= 0.3 is 12.1 Å². The Morgan fingerprint density at radius 3 is 2.35 bits per heavy atom. The van der Waals surface area contributed by atoms with Crippen LogP contribution in [-0.2, 0) is 24.7 Å². The lowest BCUT2D eigenvalue weighted by atomic mass is 9.86. The Labute approximate surface area is 152 Å². The summed E-state index contributed by atoms with van der Waals surface area (Å²) in [6, 6.07) is 8.01. The van der Waals surface area contributed by atoms with E-state index in [1.165, 1.54) is 18.2 Å². The summed E-state index contributed by atoms with van der Waals surface area (Å²) < 4.78 is 10.2. The zero-order chi connectivity index (χ0) is 19.5. The maximum Gasteiger partial charge on any atom is 0.417 e. The van der Waals surface area contributed by atoms with Crippen molar-refractivity contribution in [1.29, 1.82) is 0 Å². The van der Waals surface area contributed by atoms with Gasteiger partial charge in [-0.05, 0) is 33.3 Å². The number of nitrogens with zero attached hydrogens (tertiary/aromatic N) is 1. The average Bonchev–Trinajstić information content (AvgIpc) is 2.95. The van der Waals surface area contributed by atoms with Gasteiger partial charge in [-0.25, -0.2) is 14.5 Å². The lowest BCUT2D eigenvalue weighted by Gasteiger charge is -2.28. The van der Waals surface area contributed by atoms with Gasteiger partial charge in [-0.2, -0.15) is 0 Å². The number of hydrogen-bond donors (Lipinski definition) is 1. The van der Waals surface area contributed by atoms with Crippen molar-refractivity contribution < 1.29 is 29.0 Å². The maximum absolute atomic E-state index is 12.8. The summed E-state index contributed by atoms with van der Waals surface area (Å²) in [6.45, 7) is 6.57. The fraction of sp³-hybridized carbons (Fsp3) is 0.421. The molecule has 0 aromatic heterocycles. The van der Waals surface area contributed by atoms with Crippen molar-refractivity contribution in [2.24, 2.45) is 0 Å². The first kappa shape index (κ1) is 19.7. The summed E-state index contributed by atoms with van der Waals surface area (Å²) in [4.78, 5) is 38.3. The third-order valence-corrected chi connectivity index (χ3v) is 3.72. The topological polar surface area (TPSA) is 93.1 Å². The Bertz CT molecular complexity index is 734. The van der Waals surface area contributed by atoms with Gasteiger partial charge in [0.15, 0.2) is 0 Å². The SMILES string of the molecule is CCOC(=O)[C@@](O)(C1=CCN(C(=O)OC(C)(C)C)C1=O)c1ccccc1. The molecule has 1 aromatic carbocycles. The molecule has 2 rings (SSSR count). The standard InChI is InChI=1S/C19H23NO6/c1-5-25-16(22)19(24,13-9-7-6-8-10-13)14-11-12-20(15(14)21)17(23)26-18(2,3)4/h6-11,24H,5,12H2,1-4H3/t19-/m0/s1. The second-order valence-electron chi connectivity index (χ2n) is 6.81. The van der Waals surface area contributed by atoms with Gasteiger partial charge in [0.25, 0.3) is 5.91 Å². The van der Waals surface area contributed by atoms with E-state index in [0.29, 0.717) is 0 Å². The van der Waals surface area contributed by atoms with E-state index in [-0.39, 0.29) is 24.3 Å². The third-order valence-electron chi connectivity index (χ3n) is 3.72. The van der Waals surface area contributed by atoms with E-state index >= 15 is 0 Å². The number of carbonyl (C=O) groups excluding carboxylic acids is 3. The van der Waals surface area contributed by atoms with Crippen LogP contribution in [0.5, 0.6) is 0 Å². The molecule has 0 spiro atoms. The van der Waals surface area contributed by atoms with Gasteiger partial charge in [0.2, 0.25) is 5.60 Å². The molecule has 1 heterocycles. The number of ether oxygens (including phenoxy) is 2. The molecular formula is C19H23NO6. The highest BCUT2D eigenvalue weighted by Gasteiger charge is 2.50. The zero-order valence-corrected chi connectivity index (χ0v) is 15.3. The molecule has 1 aromatic rings. The Morgan fingerprint density at radius 2 is 1.81 bits per heavy atom. The quantitative estimate of drug-likeness (QED) is 0.826. The van der Waals surface area contributed by atoms with Crippen molar-refractivity contribution in [2.75, 3.05) is 13.2 Å². The second kappa shape index (κ2) is 7.29. The number of amides is 2. The van der Waals surface area contributed by atoms with Crippen LogP contribution in [-0.4, -0.2) is 46.7 Å². The molecule has 1 aliphatic rings. The molecule has 1 aliphatic heterocycles. The van der Waals surface area contributed by atoms with E-state index in [1.54, 1.807) is 45.9 Å². The van der Waals surface area contributed by atoms with Gasteiger partial charge in [-0.15, -0.1) is 0 Å². The molecule has 26 heavy (non-hydrogen) atoms. The second-order valence-corrected chi connectivity index (χ2v) is 6.81. The summed E-state index contributed by atoms with van der Waals surface area (Å²) in [5, 5.41) is 11.1. The molecule has 1 N–H and O–H groups in total. The maximum atomic E-state index is 12.8. The fourth-order valence-corrected chi connectivity index (χ4v) is 2.57. The Morgan fingerprint density at radius 1 is 1.19 bits per heavy atom. The predicted molar refractivity (Wildman–Crippen MR) is 93.0 cm³/mol. The molecule has 0 saturated carbocycles. The molecule has 0 unspecified atom stereocenters. The van der Waals surface area contributed by atoms with Crippen LogP contribution in [0.1, 0.15) is 33.3 Å². The van der Waals surface area contributed by atoms with Crippen molar-refractivity contribution in [3.8, 4) is 0 Å². The van der Waals surface area contributed by atoms with Gasteiger partial charge in [-0.3, -0.25) is 4.79 Å². The molecule has 7 nitrogen and oxygen atoms in total. The van der Waals surface area contributed by atoms with Gasteiger partial charge < -0.3 is 14.6 Å². The highest BCUT2D eigenvalue weighted by atomic mass is 16.6. The molecule has 0 saturated heterocycles. The fourth-order valence-electron chi connectivity index (χ4n) is 2.57. The van der Waals surface area contributed by atoms with Crippen LogP contribution >= 0.6 is 0 Å². The molecule has 0 aliphatic carbocycles. The zero-order valence-electron chi connectivity index (χ0n) is 15.3. The number of carbonyl (C=O) groups is 3.